The summed E-state index contributed by atoms with van der Waals surface area (Å²) < 4.78 is 0. The monoisotopic (exact) mass is 247 g/mol. The second-order valence-electron chi connectivity index (χ2n) is 4.14. The van der Waals surface area contributed by atoms with E-state index in [0.717, 1.165) is 18.2 Å². The van der Waals surface area contributed by atoms with E-state index >= 15 is 0 Å². The summed E-state index contributed by atoms with van der Waals surface area (Å²) in [5.74, 6) is 0.846. The van der Waals surface area contributed by atoms with Gasteiger partial charge < -0.3 is 16.2 Å². The number of nitrogen functional groups attached to an aromatic ring is 1. The Labute approximate surface area is 105 Å². The number of hydrogen-bond acceptors (Lipinski definition) is 6. The minimum absolute atomic E-state index is 0.0272. The van der Waals surface area contributed by atoms with Crippen molar-refractivity contribution < 1.29 is 5.11 Å². The first-order valence-electron chi connectivity index (χ1n) is 5.99. The summed E-state index contributed by atoms with van der Waals surface area (Å²) in [5.41, 5.74) is 6.36. The molecule has 0 aliphatic carbocycles. The Hall–Kier alpha value is -1.95. The van der Waals surface area contributed by atoms with Crippen LogP contribution in [-0.4, -0.2) is 32.7 Å². The molecule has 1 atom stereocenters. The molecular formula is C12H17N5O. The summed E-state index contributed by atoms with van der Waals surface area (Å²) in [6, 6.07) is 1.80. The Balaban J connectivity index is 2.37. The van der Waals surface area contributed by atoms with Crippen LogP contribution >= 0.6 is 0 Å². The lowest BCUT2D eigenvalue weighted by atomic mass is 10.1. The van der Waals surface area contributed by atoms with Gasteiger partial charge in [-0.15, -0.1) is 0 Å². The highest BCUT2D eigenvalue weighted by Gasteiger charge is 2.11. The maximum atomic E-state index is 9.31. The molecule has 0 fully saturated rings. The van der Waals surface area contributed by atoms with Gasteiger partial charge in [-0.25, -0.2) is 4.98 Å². The molecule has 0 saturated carbocycles. The largest absolute Gasteiger partial charge is 0.394 e. The van der Waals surface area contributed by atoms with Gasteiger partial charge in [-0.3, -0.25) is 4.98 Å². The van der Waals surface area contributed by atoms with Gasteiger partial charge in [0.2, 0.25) is 5.95 Å². The van der Waals surface area contributed by atoms with E-state index in [1.807, 2.05) is 6.07 Å². The number of aliphatic hydroxyl groups excluding tert-OH is 1. The quantitative estimate of drug-likeness (QED) is 0.734. The van der Waals surface area contributed by atoms with Crippen LogP contribution in [0.5, 0.6) is 0 Å². The maximum absolute atomic E-state index is 9.31. The molecular weight excluding hydrogens is 230 g/mol. The zero-order valence-electron chi connectivity index (χ0n) is 10.3. The van der Waals surface area contributed by atoms with E-state index in [0.29, 0.717) is 11.3 Å². The number of rotatable bonds is 5. The fraction of sp³-hybridized carbons (Fsp3) is 0.417. The van der Waals surface area contributed by atoms with Crippen LogP contribution in [0.25, 0.3) is 10.9 Å². The number of nitrogens with one attached hydrogen (secondary N) is 1. The zero-order valence-corrected chi connectivity index (χ0v) is 10.3. The first-order valence-corrected chi connectivity index (χ1v) is 5.99. The number of anilines is 2. The van der Waals surface area contributed by atoms with Crippen LogP contribution in [0.2, 0.25) is 0 Å². The number of pyridine rings is 1. The highest BCUT2D eigenvalue weighted by Crippen LogP contribution is 2.21. The zero-order chi connectivity index (χ0) is 13.0. The third kappa shape index (κ3) is 2.65. The molecule has 2 heterocycles. The number of nitrogens with two attached hydrogens (primary N) is 1. The summed E-state index contributed by atoms with van der Waals surface area (Å²) in [4.78, 5) is 12.3. The fourth-order valence-corrected chi connectivity index (χ4v) is 1.86. The fourth-order valence-electron chi connectivity index (χ4n) is 1.86. The average Bonchev–Trinajstić information content (AvgIpc) is 2.38. The van der Waals surface area contributed by atoms with Gasteiger partial charge in [0.25, 0.3) is 0 Å². The summed E-state index contributed by atoms with van der Waals surface area (Å²) in [7, 11) is 0. The molecule has 0 aliphatic heterocycles. The van der Waals surface area contributed by atoms with Crippen molar-refractivity contribution in [2.75, 3.05) is 17.7 Å². The highest BCUT2D eigenvalue weighted by atomic mass is 16.3. The van der Waals surface area contributed by atoms with Gasteiger partial charge in [0.15, 0.2) is 0 Å². The molecule has 0 saturated heterocycles. The van der Waals surface area contributed by atoms with Crippen molar-refractivity contribution in [1.29, 1.82) is 0 Å². The topological polar surface area (TPSA) is 97.0 Å². The summed E-state index contributed by atoms with van der Waals surface area (Å²) in [6.07, 6.45) is 5.18. The predicted molar refractivity (Wildman–Crippen MR) is 71.1 cm³/mol. The van der Waals surface area contributed by atoms with Gasteiger partial charge in [-0.05, 0) is 12.5 Å². The molecule has 6 heteroatoms. The Kier molecular flexibility index (Phi) is 3.88. The molecule has 96 valence electrons. The molecule has 0 spiro atoms. The normalized spacial score (nSPS) is 12.6. The van der Waals surface area contributed by atoms with Gasteiger partial charge in [0, 0.05) is 11.6 Å². The number of fused-ring (bicyclic) bond motifs is 1. The SMILES string of the molecule is CCCC(CO)Nc1nc(N)nc2cnccc12. The van der Waals surface area contributed by atoms with E-state index in [1.165, 1.54) is 0 Å². The molecule has 0 aliphatic rings. The molecule has 4 N–H and O–H groups in total. The minimum atomic E-state index is -0.0272. The van der Waals surface area contributed by atoms with Crippen LogP contribution < -0.4 is 11.1 Å². The van der Waals surface area contributed by atoms with Crippen LogP contribution in [0.3, 0.4) is 0 Å². The second-order valence-corrected chi connectivity index (χ2v) is 4.14. The van der Waals surface area contributed by atoms with Crippen molar-refractivity contribution in [2.24, 2.45) is 0 Å². The van der Waals surface area contributed by atoms with Crippen LogP contribution in [0.4, 0.5) is 11.8 Å². The van der Waals surface area contributed by atoms with Crippen molar-refractivity contribution in [2.45, 2.75) is 25.8 Å². The highest BCUT2D eigenvalue weighted by molar-refractivity contribution is 5.89. The van der Waals surface area contributed by atoms with Crippen molar-refractivity contribution in [3.05, 3.63) is 18.5 Å². The van der Waals surface area contributed by atoms with E-state index in [1.54, 1.807) is 12.4 Å². The molecule has 0 bridgehead atoms. The Morgan fingerprint density at radius 1 is 1.44 bits per heavy atom. The molecule has 0 amide bonds. The average molecular weight is 247 g/mol. The maximum Gasteiger partial charge on any atom is 0.222 e. The van der Waals surface area contributed by atoms with Crippen LogP contribution in [0.1, 0.15) is 19.8 Å². The van der Waals surface area contributed by atoms with Gasteiger partial charge in [-0.2, -0.15) is 4.98 Å². The van der Waals surface area contributed by atoms with Crippen molar-refractivity contribution in [3.8, 4) is 0 Å². The number of nitrogens with zero attached hydrogens (tertiary/aromatic N) is 3. The van der Waals surface area contributed by atoms with Crippen LogP contribution in [0, 0.1) is 0 Å². The van der Waals surface area contributed by atoms with Gasteiger partial charge in [-0.1, -0.05) is 13.3 Å². The predicted octanol–water partition coefficient (Wildman–Crippen LogP) is 1.18. The third-order valence-electron chi connectivity index (χ3n) is 2.71. The van der Waals surface area contributed by atoms with E-state index < -0.39 is 0 Å². The lowest BCUT2D eigenvalue weighted by Crippen LogP contribution is -2.24. The molecule has 2 rings (SSSR count). The molecule has 0 radical (unpaired) electrons. The molecule has 18 heavy (non-hydrogen) atoms. The van der Waals surface area contributed by atoms with Crippen LogP contribution in [0.15, 0.2) is 18.5 Å². The van der Waals surface area contributed by atoms with E-state index in [4.69, 9.17) is 5.73 Å². The molecule has 1 unspecified atom stereocenters. The first kappa shape index (κ1) is 12.5. The van der Waals surface area contributed by atoms with Crippen LogP contribution in [-0.2, 0) is 0 Å². The van der Waals surface area contributed by atoms with Crippen molar-refractivity contribution >= 4 is 22.7 Å². The Bertz CT molecular complexity index is 531. The smallest absolute Gasteiger partial charge is 0.222 e. The van der Waals surface area contributed by atoms with Crippen molar-refractivity contribution in [3.63, 3.8) is 0 Å². The Morgan fingerprint density at radius 3 is 3.00 bits per heavy atom. The number of aliphatic hydroxyl groups is 1. The van der Waals surface area contributed by atoms with Crippen molar-refractivity contribution in [1.82, 2.24) is 15.0 Å². The van der Waals surface area contributed by atoms with E-state index in [9.17, 15) is 5.11 Å². The standard InChI is InChI=1S/C12H17N5O/c1-2-3-8(7-18)15-11-9-4-5-14-6-10(9)16-12(13)17-11/h4-6,8,18H,2-3,7H2,1H3,(H3,13,15,16,17). The van der Waals surface area contributed by atoms with Gasteiger partial charge in [0.1, 0.15) is 5.82 Å². The summed E-state index contributed by atoms with van der Waals surface area (Å²) >= 11 is 0. The lowest BCUT2D eigenvalue weighted by molar-refractivity contribution is 0.268. The third-order valence-corrected chi connectivity index (χ3v) is 2.71. The second kappa shape index (κ2) is 5.59. The molecule has 2 aromatic heterocycles. The number of aromatic nitrogens is 3. The lowest BCUT2D eigenvalue weighted by Gasteiger charge is -2.17. The Morgan fingerprint density at radius 2 is 2.28 bits per heavy atom. The van der Waals surface area contributed by atoms with Gasteiger partial charge >= 0.3 is 0 Å². The first-order chi connectivity index (χ1) is 8.74. The van der Waals surface area contributed by atoms with Gasteiger partial charge in [0.05, 0.1) is 24.4 Å². The van der Waals surface area contributed by atoms with E-state index in [-0.39, 0.29) is 18.6 Å². The molecule has 2 aromatic rings. The minimum Gasteiger partial charge on any atom is -0.394 e. The number of hydrogen-bond donors (Lipinski definition) is 3. The van der Waals surface area contributed by atoms with E-state index in [2.05, 4.69) is 27.2 Å². The summed E-state index contributed by atoms with van der Waals surface area (Å²) in [6.45, 7) is 2.13. The summed E-state index contributed by atoms with van der Waals surface area (Å²) in [5, 5.41) is 13.4. The molecule has 0 aromatic carbocycles. The molecule has 6 nitrogen and oxygen atoms in total.